The number of carbonyl (C=O) groups is 2. The van der Waals surface area contributed by atoms with Gasteiger partial charge in [-0.15, -0.1) is 0 Å². The number of ether oxygens (including phenoxy) is 3. The van der Waals surface area contributed by atoms with Crippen molar-refractivity contribution in [2.24, 2.45) is 0 Å². The first-order chi connectivity index (χ1) is 29.2. The van der Waals surface area contributed by atoms with Gasteiger partial charge < -0.3 is 29.3 Å². The molecule has 0 aromatic carbocycles. The van der Waals surface area contributed by atoms with Crippen molar-refractivity contribution in [3.63, 3.8) is 0 Å². The minimum atomic E-state index is -4.66. The molecule has 0 bridgehead atoms. The number of esters is 2. The number of carbonyl (C=O) groups excluding carboxylic acids is 2. The van der Waals surface area contributed by atoms with E-state index in [9.17, 15) is 24.2 Å². The van der Waals surface area contributed by atoms with E-state index < -0.39 is 51.8 Å². The molecule has 0 saturated carbocycles. The normalized spacial score (nSPS) is 18.1. The third kappa shape index (κ3) is 35.6. The van der Waals surface area contributed by atoms with Crippen molar-refractivity contribution >= 4 is 19.8 Å². The number of unbranched alkanes of at least 4 members (excludes halogenated alkanes) is 6. The first kappa shape index (κ1) is 54.9. The Labute approximate surface area is 361 Å². The molecule has 340 valence electrons. The Morgan fingerprint density at radius 2 is 1.13 bits per heavy atom. The van der Waals surface area contributed by atoms with E-state index in [4.69, 9.17) is 23.8 Å². The van der Waals surface area contributed by atoms with Crippen LogP contribution in [0.15, 0.2) is 97.2 Å². The maximum Gasteiger partial charge on any atom is 0.472 e. The van der Waals surface area contributed by atoms with Gasteiger partial charge in [-0.2, -0.15) is 0 Å². The van der Waals surface area contributed by atoms with Gasteiger partial charge in [-0.25, -0.2) is 4.57 Å². The van der Waals surface area contributed by atoms with Crippen LogP contribution in [-0.2, 0) is 37.4 Å². The summed E-state index contributed by atoms with van der Waals surface area (Å²) in [5.41, 5.74) is 0. The third-order valence-corrected chi connectivity index (χ3v) is 10.1. The van der Waals surface area contributed by atoms with Crippen LogP contribution in [0.1, 0.15) is 142 Å². The largest absolute Gasteiger partial charge is 0.472 e. The highest BCUT2D eigenvalue weighted by atomic mass is 31.2. The Balaban J connectivity index is 2.34. The summed E-state index contributed by atoms with van der Waals surface area (Å²) in [5.74, 6) is -1.05. The van der Waals surface area contributed by atoms with E-state index in [-0.39, 0.29) is 31.7 Å². The highest BCUT2D eigenvalue weighted by Gasteiger charge is 2.36. The van der Waals surface area contributed by atoms with Crippen molar-refractivity contribution in [2.75, 3.05) is 26.4 Å². The monoisotopic (exact) mass is 861 g/mol. The molecule has 1 aliphatic heterocycles. The number of allylic oxidation sites excluding steroid dienone is 15. The Morgan fingerprint density at radius 3 is 1.70 bits per heavy atom. The summed E-state index contributed by atoms with van der Waals surface area (Å²) in [6.07, 6.45) is 49.6. The zero-order valence-electron chi connectivity index (χ0n) is 36.6. The van der Waals surface area contributed by atoms with Crippen molar-refractivity contribution in [2.45, 2.75) is 167 Å². The Bertz CT molecular complexity index is 1380. The number of aliphatic hydroxyl groups is 2. The van der Waals surface area contributed by atoms with Gasteiger partial charge in [0.15, 0.2) is 6.10 Å². The van der Waals surface area contributed by atoms with Crippen LogP contribution < -0.4 is 0 Å². The summed E-state index contributed by atoms with van der Waals surface area (Å²) in [4.78, 5) is 35.1. The van der Waals surface area contributed by atoms with E-state index in [1.165, 1.54) is 19.3 Å². The second-order valence-corrected chi connectivity index (χ2v) is 16.2. The quantitative estimate of drug-likeness (QED) is 0.0177. The number of hydrogen-bond donors (Lipinski definition) is 3. The van der Waals surface area contributed by atoms with Crippen molar-refractivity contribution in [3.8, 4) is 0 Å². The second-order valence-electron chi connectivity index (χ2n) is 14.7. The van der Waals surface area contributed by atoms with E-state index in [2.05, 4.69) is 116 Å². The zero-order chi connectivity index (χ0) is 43.8. The highest BCUT2D eigenvalue weighted by Crippen LogP contribution is 2.43. The molecule has 0 aromatic rings. The summed E-state index contributed by atoms with van der Waals surface area (Å²) in [7, 11) is -4.66. The summed E-state index contributed by atoms with van der Waals surface area (Å²) in [5, 5.41) is 18.4. The van der Waals surface area contributed by atoms with Gasteiger partial charge in [-0.3, -0.25) is 18.6 Å². The van der Waals surface area contributed by atoms with Crippen LogP contribution in [0.5, 0.6) is 0 Å². The molecular weight excluding hydrogens is 783 g/mol. The van der Waals surface area contributed by atoms with Crippen LogP contribution >= 0.6 is 7.82 Å². The molecule has 0 aliphatic carbocycles. The first-order valence-electron chi connectivity index (χ1n) is 22.3. The molecule has 1 fully saturated rings. The molecule has 1 saturated heterocycles. The second kappa shape index (κ2) is 38.7. The third-order valence-electron chi connectivity index (χ3n) is 9.15. The fourth-order valence-corrected chi connectivity index (χ4v) is 6.42. The molecule has 60 heavy (non-hydrogen) atoms. The van der Waals surface area contributed by atoms with E-state index in [1.54, 1.807) is 0 Å². The lowest BCUT2D eigenvalue weighted by Crippen LogP contribution is -2.29. The van der Waals surface area contributed by atoms with E-state index in [0.717, 1.165) is 77.0 Å². The standard InChI is InChI=1S/C48H77O11P/c1-3-5-7-9-11-13-15-17-18-19-20-21-22-23-25-27-29-31-33-37-48(52)58-44(42-57-60(53,54)56-40-43(50)39-49)41-55-47(51)38-34-36-46-45(59-46)35-32-30-28-26-24-16-14-12-10-8-6-4-2/h5,7,11-14,17-18,20-21,23-26,30,32,43-46,49-50H,3-4,6,8-10,15-16,19,22,27-29,31,33-42H2,1-2H3,(H,53,54)/b7-5-,13-11-,14-12-,18-17-,21-20-,25-23-,26-24-,32-30-/t43-,44+,45?,46?/m0/s1. The van der Waals surface area contributed by atoms with Gasteiger partial charge in [0, 0.05) is 12.8 Å². The molecule has 5 atom stereocenters. The number of hydrogen-bond acceptors (Lipinski definition) is 10. The lowest BCUT2D eigenvalue weighted by Gasteiger charge is -2.20. The minimum Gasteiger partial charge on any atom is -0.462 e. The van der Waals surface area contributed by atoms with Gasteiger partial charge in [0.2, 0.25) is 0 Å². The van der Waals surface area contributed by atoms with Crippen molar-refractivity contribution < 1.29 is 52.5 Å². The van der Waals surface area contributed by atoms with Gasteiger partial charge in [0.25, 0.3) is 0 Å². The Hall–Kier alpha value is -3.15. The van der Waals surface area contributed by atoms with Crippen LogP contribution in [0.4, 0.5) is 0 Å². The van der Waals surface area contributed by atoms with Gasteiger partial charge >= 0.3 is 19.8 Å². The molecule has 11 nitrogen and oxygen atoms in total. The predicted molar refractivity (Wildman–Crippen MR) is 241 cm³/mol. The smallest absolute Gasteiger partial charge is 0.462 e. The summed E-state index contributed by atoms with van der Waals surface area (Å²) in [6.45, 7) is 2.09. The number of rotatable bonds is 39. The van der Waals surface area contributed by atoms with Crippen LogP contribution in [0, 0.1) is 0 Å². The van der Waals surface area contributed by atoms with E-state index in [1.807, 2.05) is 0 Å². The fourth-order valence-electron chi connectivity index (χ4n) is 5.63. The number of phosphoric acid groups is 1. The van der Waals surface area contributed by atoms with Crippen LogP contribution in [0.2, 0.25) is 0 Å². The van der Waals surface area contributed by atoms with Crippen LogP contribution in [0.3, 0.4) is 0 Å². The van der Waals surface area contributed by atoms with E-state index >= 15 is 0 Å². The van der Waals surface area contributed by atoms with Crippen molar-refractivity contribution in [3.05, 3.63) is 97.2 Å². The van der Waals surface area contributed by atoms with Crippen molar-refractivity contribution in [1.29, 1.82) is 0 Å². The maximum absolute atomic E-state index is 12.6. The molecule has 12 heteroatoms. The maximum atomic E-state index is 12.6. The molecule has 0 radical (unpaired) electrons. The van der Waals surface area contributed by atoms with Crippen LogP contribution in [-0.4, -0.2) is 77.9 Å². The Kier molecular flexibility index (Phi) is 35.4. The number of phosphoric ester groups is 1. The lowest BCUT2D eigenvalue weighted by atomic mass is 10.1. The lowest BCUT2D eigenvalue weighted by molar-refractivity contribution is -0.161. The summed E-state index contributed by atoms with van der Waals surface area (Å²) in [6, 6.07) is 0. The topological polar surface area (TPSA) is 161 Å². The average molecular weight is 861 g/mol. The molecular formula is C48H77O11P. The molecule has 1 rings (SSSR count). The fraction of sp³-hybridized carbons (Fsp3) is 0.625. The van der Waals surface area contributed by atoms with Crippen molar-refractivity contribution in [1.82, 2.24) is 0 Å². The summed E-state index contributed by atoms with van der Waals surface area (Å²) < 4.78 is 38.5. The number of aliphatic hydroxyl groups excluding tert-OH is 2. The molecule has 0 aromatic heterocycles. The molecule has 0 amide bonds. The average Bonchev–Trinajstić information content (AvgIpc) is 3.99. The molecule has 1 aliphatic rings. The summed E-state index contributed by atoms with van der Waals surface area (Å²) >= 11 is 0. The molecule has 3 unspecified atom stereocenters. The highest BCUT2D eigenvalue weighted by molar-refractivity contribution is 7.47. The SMILES string of the molecule is CC/C=C\C/C=C\C/C=C\C/C=C\C/C=C\CCCCCC(=O)O[C@H](COC(=O)CCCC1OC1C/C=C\C/C=C\C/C=C\CCCCC)COP(=O)(O)OC[C@@H](O)CO. The van der Waals surface area contributed by atoms with Gasteiger partial charge in [0.1, 0.15) is 12.7 Å². The zero-order valence-corrected chi connectivity index (χ0v) is 37.5. The first-order valence-corrected chi connectivity index (χ1v) is 23.8. The predicted octanol–water partition coefficient (Wildman–Crippen LogP) is 11.0. The number of epoxide rings is 1. The van der Waals surface area contributed by atoms with Gasteiger partial charge in [-0.05, 0) is 96.3 Å². The molecule has 3 N–H and O–H groups in total. The van der Waals surface area contributed by atoms with Gasteiger partial charge in [0.05, 0.1) is 32.0 Å². The molecule has 1 heterocycles. The minimum absolute atomic E-state index is 0.105. The van der Waals surface area contributed by atoms with Gasteiger partial charge in [-0.1, -0.05) is 130 Å². The Morgan fingerprint density at radius 1 is 0.617 bits per heavy atom. The van der Waals surface area contributed by atoms with E-state index in [0.29, 0.717) is 19.3 Å². The van der Waals surface area contributed by atoms with Crippen LogP contribution in [0.25, 0.3) is 0 Å². The molecule has 0 spiro atoms.